The Balaban J connectivity index is 1.95. The number of aryl methyl sites for hydroxylation is 1. The lowest BCUT2D eigenvalue weighted by atomic mass is 10.1. The van der Waals surface area contributed by atoms with Crippen molar-refractivity contribution >= 4 is 11.7 Å². The standard InChI is InChI=1S/C15H15F4N3O/c1-8-13(21-14(20)23-8)9-4-5-11(10(16)7-9)22-6-2-3-12(22)15(17,18)19/h4-5,7,12H,2-3,6H2,1H3,(H2,20,21). The molecular formula is C15H15F4N3O. The fourth-order valence-electron chi connectivity index (χ4n) is 2.97. The van der Waals surface area contributed by atoms with Crippen LogP contribution in [0.2, 0.25) is 0 Å². The first-order valence-electron chi connectivity index (χ1n) is 7.13. The van der Waals surface area contributed by atoms with Gasteiger partial charge in [-0.1, -0.05) is 6.07 Å². The summed E-state index contributed by atoms with van der Waals surface area (Å²) in [6.45, 7) is 1.81. The van der Waals surface area contributed by atoms with Gasteiger partial charge in [0.05, 0.1) is 5.69 Å². The van der Waals surface area contributed by atoms with E-state index in [4.69, 9.17) is 10.2 Å². The van der Waals surface area contributed by atoms with E-state index >= 15 is 0 Å². The van der Waals surface area contributed by atoms with Gasteiger partial charge in [-0.25, -0.2) is 4.39 Å². The molecule has 1 unspecified atom stereocenters. The molecule has 1 saturated heterocycles. The zero-order valence-corrected chi connectivity index (χ0v) is 12.3. The monoisotopic (exact) mass is 329 g/mol. The van der Waals surface area contributed by atoms with Crippen LogP contribution in [0.5, 0.6) is 0 Å². The number of aromatic nitrogens is 1. The zero-order chi connectivity index (χ0) is 16.8. The van der Waals surface area contributed by atoms with Crippen LogP contribution in [-0.4, -0.2) is 23.7 Å². The topological polar surface area (TPSA) is 55.3 Å². The summed E-state index contributed by atoms with van der Waals surface area (Å²) < 4.78 is 58.6. The van der Waals surface area contributed by atoms with Crippen molar-refractivity contribution in [2.45, 2.75) is 32.0 Å². The van der Waals surface area contributed by atoms with Gasteiger partial charge in [-0.15, -0.1) is 0 Å². The fourth-order valence-corrected chi connectivity index (χ4v) is 2.97. The van der Waals surface area contributed by atoms with Crippen molar-refractivity contribution in [2.75, 3.05) is 17.2 Å². The molecule has 1 aromatic heterocycles. The Morgan fingerprint density at radius 2 is 2.09 bits per heavy atom. The van der Waals surface area contributed by atoms with Gasteiger partial charge in [0.1, 0.15) is 23.3 Å². The van der Waals surface area contributed by atoms with Gasteiger partial charge in [-0.2, -0.15) is 18.2 Å². The lowest BCUT2D eigenvalue weighted by Gasteiger charge is -2.28. The fraction of sp³-hybridized carbons (Fsp3) is 0.400. The minimum absolute atomic E-state index is 0.0242. The molecule has 2 N–H and O–H groups in total. The molecule has 0 saturated carbocycles. The van der Waals surface area contributed by atoms with Crippen molar-refractivity contribution in [2.24, 2.45) is 0 Å². The number of alkyl halides is 3. The summed E-state index contributed by atoms with van der Waals surface area (Å²) in [5.74, 6) is -0.302. The van der Waals surface area contributed by atoms with Crippen molar-refractivity contribution in [3.8, 4) is 11.3 Å². The second-order valence-corrected chi connectivity index (χ2v) is 5.52. The normalized spacial score (nSPS) is 18.7. The molecule has 1 fully saturated rings. The maximum atomic E-state index is 14.4. The molecule has 1 aliphatic rings. The number of nitrogens with two attached hydrogens (primary N) is 1. The molecule has 124 valence electrons. The predicted octanol–water partition coefficient (Wildman–Crippen LogP) is 3.90. The average Bonchev–Trinajstić information content (AvgIpc) is 3.04. The van der Waals surface area contributed by atoms with Gasteiger partial charge in [0, 0.05) is 12.1 Å². The summed E-state index contributed by atoms with van der Waals surface area (Å²) in [4.78, 5) is 5.03. The van der Waals surface area contributed by atoms with Crippen molar-refractivity contribution < 1.29 is 22.0 Å². The van der Waals surface area contributed by atoms with E-state index in [2.05, 4.69) is 4.98 Å². The molecule has 2 heterocycles. The van der Waals surface area contributed by atoms with Gasteiger partial charge in [-0.3, -0.25) is 0 Å². The highest BCUT2D eigenvalue weighted by Gasteiger charge is 2.46. The van der Waals surface area contributed by atoms with Crippen LogP contribution in [0.3, 0.4) is 0 Å². The number of hydrogen-bond acceptors (Lipinski definition) is 4. The first-order valence-corrected chi connectivity index (χ1v) is 7.13. The second-order valence-electron chi connectivity index (χ2n) is 5.52. The minimum Gasteiger partial charge on any atom is -0.429 e. The maximum absolute atomic E-state index is 14.4. The van der Waals surface area contributed by atoms with Gasteiger partial charge in [-0.05, 0) is 31.9 Å². The number of nitrogens with zero attached hydrogens (tertiary/aromatic N) is 2. The Morgan fingerprint density at radius 1 is 1.35 bits per heavy atom. The first kappa shape index (κ1) is 15.6. The number of rotatable bonds is 2. The number of nitrogen functional groups attached to an aromatic ring is 1. The second kappa shape index (κ2) is 5.43. The molecule has 3 rings (SSSR count). The summed E-state index contributed by atoms with van der Waals surface area (Å²) >= 11 is 0. The van der Waals surface area contributed by atoms with Crippen LogP contribution in [0, 0.1) is 12.7 Å². The van der Waals surface area contributed by atoms with E-state index in [1.165, 1.54) is 12.1 Å². The van der Waals surface area contributed by atoms with Crippen molar-refractivity contribution in [1.82, 2.24) is 4.98 Å². The molecule has 1 atom stereocenters. The summed E-state index contributed by atoms with van der Waals surface area (Å²) in [6.07, 6.45) is -4.02. The third-order valence-electron chi connectivity index (χ3n) is 3.97. The third kappa shape index (κ3) is 2.85. The van der Waals surface area contributed by atoms with Crippen molar-refractivity contribution in [3.63, 3.8) is 0 Å². The minimum atomic E-state index is -4.38. The highest BCUT2D eigenvalue weighted by Crippen LogP contribution is 2.38. The molecule has 0 bridgehead atoms. The highest BCUT2D eigenvalue weighted by molar-refractivity contribution is 5.66. The number of hydrogen-bond donors (Lipinski definition) is 1. The largest absolute Gasteiger partial charge is 0.429 e. The van der Waals surface area contributed by atoms with Gasteiger partial charge < -0.3 is 15.1 Å². The molecule has 8 heteroatoms. The Hall–Kier alpha value is -2.25. The van der Waals surface area contributed by atoms with Gasteiger partial charge in [0.25, 0.3) is 6.01 Å². The quantitative estimate of drug-likeness (QED) is 0.849. The van der Waals surface area contributed by atoms with E-state index in [-0.39, 0.29) is 24.7 Å². The van der Waals surface area contributed by atoms with Crippen LogP contribution < -0.4 is 10.6 Å². The Morgan fingerprint density at radius 3 is 2.65 bits per heavy atom. The lowest BCUT2D eigenvalue weighted by molar-refractivity contribution is -0.146. The molecule has 2 aromatic rings. The Bertz CT molecular complexity index is 726. The molecule has 0 spiro atoms. The summed E-state index contributed by atoms with van der Waals surface area (Å²) in [6, 6.07) is 2.34. The number of halogens is 4. The average molecular weight is 329 g/mol. The van der Waals surface area contributed by atoms with Gasteiger partial charge in [0.15, 0.2) is 0 Å². The van der Waals surface area contributed by atoms with Crippen molar-refractivity contribution in [1.29, 1.82) is 0 Å². The molecule has 1 aliphatic heterocycles. The molecule has 4 nitrogen and oxygen atoms in total. The van der Waals surface area contributed by atoms with Crippen LogP contribution >= 0.6 is 0 Å². The molecule has 23 heavy (non-hydrogen) atoms. The van der Waals surface area contributed by atoms with E-state index in [0.717, 1.165) is 11.0 Å². The summed E-state index contributed by atoms with van der Waals surface area (Å²) in [7, 11) is 0. The summed E-state index contributed by atoms with van der Waals surface area (Å²) in [5, 5.41) is 0. The molecular weight excluding hydrogens is 314 g/mol. The van der Waals surface area contributed by atoms with E-state index in [0.29, 0.717) is 23.4 Å². The molecule has 0 radical (unpaired) electrons. The van der Waals surface area contributed by atoms with Crippen molar-refractivity contribution in [3.05, 3.63) is 29.8 Å². The maximum Gasteiger partial charge on any atom is 0.408 e. The predicted molar refractivity (Wildman–Crippen MR) is 77.5 cm³/mol. The highest BCUT2D eigenvalue weighted by atomic mass is 19.4. The number of oxazole rings is 1. The van der Waals surface area contributed by atoms with E-state index in [9.17, 15) is 17.6 Å². The van der Waals surface area contributed by atoms with E-state index in [1.807, 2.05) is 0 Å². The Kier molecular flexibility index (Phi) is 3.69. The van der Waals surface area contributed by atoms with Crippen LogP contribution in [0.15, 0.2) is 22.6 Å². The van der Waals surface area contributed by atoms with Gasteiger partial charge in [0.2, 0.25) is 0 Å². The third-order valence-corrected chi connectivity index (χ3v) is 3.97. The van der Waals surface area contributed by atoms with Crippen LogP contribution in [0.25, 0.3) is 11.3 Å². The van der Waals surface area contributed by atoms with Crippen LogP contribution in [-0.2, 0) is 0 Å². The van der Waals surface area contributed by atoms with Crippen LogP contribution in [0.4, 0.5) is 29.3 Å². The molecule has 0 aliphatic carbocycles. The van der Waals surface area contributed by atoms with E-state index in [1.54, 1.807) is 6.92 Å². The zero-order valence-electron chi connectivity index (χ0n) is 12.3. The lowest BCUT2D eigenvalue weighted by Crippen LogP contribution is -2.41. The van der Waals surface area contributed by atoms with E-state index < -0.39 is 18.0 Å². The first-order chi connectivity index (χ1) is 10.8. The smallest absolute Gasteiger partial charge is 0.408 e. The Labute approximate surface area is 129 Å². The number of anilines is 2. The van der Waals surface area contributed by atoms with Crippen LogP contribution in [0.1, 0.15) is 18.6 Å². The molecule has 1 aromatic carbocycles. The van der Waals surface area contributed by atoms with Gasteiger partial charge >= 0.3 is 6.18 Å². The molecule has 0 amide bonds. The SMILES string of the molecule is Cc1oc(N)nc1-c1ccc(N2CCCC2C(F)(F)F)c(F)c1. The number of benzene rings is 1. The summed E-state index contributed by atoms with van der Waals surface area (Å²) in [5.41, 5.74) is 6.18.